The summed E-state index contributed by atoms with van der Waals surface area (Å²) in [5.74, 6) is -0.897. The lowest BCUT2D eigenvalue weighted by molar-refractivity contribution is -0.137. The first kappa shape index (κ1) is 18.0. The fourth-order valence-corrected chi connectivity index (χ4v) is 2.99. The van der Waals surface area contributed by atoms with Gasteiger partial charge in [0.05, 0.1) is 17.4 Å². The number of carboxylic acid groups (broad SMARTS) is 1. The monoisotopic (exact) mass is 360 g/mol. The average molecular weight is 360 g/mol. The number of aromatic nitrogens is 2. The van der Waals surface area contributed by atoms with E-state index in [1.165, 1.54) is 0 Å². The van der Waals surface area contributed by atoms with Crippen LogP contribution in [0.5, 0.6) is 0 Å². The van der Waals surface area contributed by atoms with Gasteiger partial charge in [-0.05, 0) is 39.0 Å². The maximum absolute atomic E-state index is 12.1. The molecule has 140 valence electrons. The molecule has 1 aliphatic rings. The van der Waals surface area contributed by atoms with Gasteiger partial charge in [-0.3, -0.25) is 4.79 Å². The molecular formula is C18H24N4O4. The van der Waals surface area contributed by atoms with Crippen LogP contribution in [0, 0.1) is 0 Å². The molecule has 0 aliphatic carbocycles. The van der Waals surface area contributed by atoms with Gasteiger partial charge < -0.3 is 24.2 Å². The highest BCUT2D eigenvalue weighted by Crippen LogP contribution is 2.23. The highest BCUT2D eigenvalue weighted by Gasteiger charge is 2.26. The maximum atomic E-state index is 12.1. The van der Waals surface area contributed by atoms with Gasteiger partial charge in [-0.2, -0.15) is 0 Å². The molecule has 0 unspecified atom stereocenters. The first-order valence-corrected chi connectivity index (χ1v) is 8.62. The van der Waals surface area contributed by atoms with Crippen LogP contribution in [-0.2, 0) is 16.1 Å². The SMILES string of the molecule is CC(C)(C)OC(=O)N1CCN(c2ccc3c(c2)ncn3CC(=O)O)CC1. The Kier molecular flexibility index (Phi) is 4.76. The Hall–Kier alpha value is -2.77. The molecule has 0 atom stereocenters. The van der Waals surface area contributed by atoms with Crippen molar-refractivity contribution >= 4 is 28.8 Å². The van der Waals surface area contributed by atoms with Crippen molar-refractivity contribution in [2.45, 2.75) is 32.9 Å². The van der Waals surface area contributed by atoms with E-state index in [0.29, 0.717) is 26.2 Å². The molecule has 1 aromatic carbocycles. The van der Waals surface area contributed by atoms with E-state index >= 15 is 0 Å². The molecule has 1 fully saturated rings. The normalized spacial score (nSPS) is 15.3. The summed E-state index contributed by atoms with van der Waals surface area (Å²) in [5, 5.41) is 8.94. The van der Waals surface area contributed by atoms with E-state index in [0.717, 1.165) is 16.7 Å². The quantitative estimate of drug-likeness (QED) is 0.903. The molecule has 2 heterocycles. The number of carboxylic acids is 1. The zero-order valence-electron chi connectivity index (χ0n) is 15.3. The summed E-state index contributed by atoms with van der Waals surface area (Å²) in [7, 11) is 0. The molecular weight excluding hydrogens is 336 g/mol. The number of nitrogens with zero attached hydrogens (tertiary/aromatic N) is 4. The van der Waals surface area contributed by atoms with Crippen molar-refractivity contribution in [2.24, 2.45) is 0 Å². The average Bonchev–Trinajstić information content (AvgIpc) is 2.95. The zero-order valence-corrected chi connectivity index (χ0v) is 15.3. The Labute approximate surface area is 152 Å². The summed E-state index contributed by atoms with van der Waals surface area (Å²) in [4.78, 5) is 31.3. The van der Waals surface area contributed by atoms with Crippen molar-refractivity contribution in [3.63, 3.8) is 0 Å². The Morgan fingerprint density at radius 3 is 2.50 bits per heavy atom. The molecule has 0 bridgehead atoms. The van der Waals surface area contributed by atoms with Crippen LogP contribution in [-0.4, -0.2) is 63.4 Å². The number of imidazole rings is 1. The first-order valence-electron chi connectivity index (χ1n) is 8.62. The third kappa shape index (κ3) is 4.07. The van der Waals surface area contributed by atoms with E-state index in [1.54, 1.807) is 15.8 Å². The molecule has 0 spiro atoms. The summed E-state index contributed by atoms with van der Waals surface area (Å²) in [6.45, 7) is 8.09. The molecule has 8 heteroatoms. The number of benzene rings is 1. The van der Waals surface area contributed by atoms with Crippen LogP contribution < -0.4 is 4.90 Å². The molecule has 1 N–H and O–H groups in total. The number of ether oxygens (including phenoxy) is 1. The highest BCUT2D eigenvalue weighted by atomic mass is 16.6. The van der Waals surface area contributed by atoms with Crippen LogP contribution in [0.3, 0.4) is 0 Å². The summed E-state index contributed by atoms with van der Waals surface area (Å²) in [5.41, 5.74) is 2.08. The minimum atomic E-state index is -0.897. The van der Waals surface area contributed by atoms with Gasteiger partial charge in [0, 0.05) is 31.9 Å². The zero-order chi connectivity index (χ0) is 18.9. The molecule has 2 aromatic rings. The number of fused-ring (bicyclic) bond motifs is 1. The largest absolute Gasteiger partial charge is 0.480 e. The number of amides is 1. The van der Waals surface area contributed by atoms with Gasteiger partial charge in [-0.15, -0.1) is 0 Å². The number of aliphatic carboxylic acids is 1. The summed E-state index contributed by atoms with van der Waals surface area (Å²) < 4.78 is 7.03. The molecule has 8 nitrogen and oxygen atoms in total. The van der Waals surface area contributed by atoms with Crippen LogP contribution in [0.4, 0.5) is 10.5 Å². The van der Waals surface area contributed by atoms with Gasteiger partial charge in [-0.1, -0.05) is 0 Å². The molecule has 1 aliphatic heterocycles. The first-order chi connectivity index (χ1) is 12.2. The summed E-state index contributed by atoms with van der Waals surface area (Å²) in [6.07, 6.45) is 1.27. The Bertz CT molecular complexity index is 816. The van der Waals surface area contributed by atoms with Gasteiger partial charge >= 0.3 is 12.1 Å². The fourth-order valence-electron chi connectivity index (χ4n) is 2.99. The molecule has 26 heavy (non-hydrogen) atoms. The number of piperazine rings is 1. The van der Waals surface area contributed by atoms with Crippen molar-refractivity contribution in [3.05, 3.63) is 24.5 Å². The van der Waals surface area contributed by atoms with Gasteiger partial charge in [0.25, 0.3) is 0 Å². The number of rotatable bonds is 3. The Morgan fingerprint density at radius 2 is 1.88 bits per heavy atom. The van der Waals surface area contributed by atoms with Gasteiger partial charge in [0.1, 0.15) is 12.1 Å². The van der Waals surface area contributed by atoms with Crippen LogP contribution in [0.25, 0.3) is 11.0 Å². The van der Waals surface area contributed by atoms with Crippen LogP contribution >= 0.6 is 0 Å². The highest BCUT2D eigenvalue weighted by molar-refractivity contribution is 5.81. The van der Waals surface area contributed by atoms with Gasteiger partial charge in [0.2, 0.25) is 0 Å². The van der Waals surface area contributed by atoms with E-state index in [-0.39, 0.29) is 12.6 Å². The van der Waals surface area contributed by atoms with Crippen molar-refractivity contribution < 1.29 is 19.4 Å². The van der Waals surface area contributed by atoms with Crippen molar-refractivity contribution in [1.29, 1.82) is 0 Å². The summed E-state index contributed by atoms with van der Waals surface area (Å²) in [6, 6.07) is 5.81. The lowest BCUT2D eigenvalue weighted by atomic mass is 10.2. The second-order valence-corrected chi connectivity index (χ2v) is 7.39. The van der Waals surface area contributed by atoms with Crippen molar-refractivity contribution in [1.82, 2.24) is 14.5 Å². The minimum absolute atomic E-state index is 0.107. The number of carbonyl (C=O) groups is 2. The number of carbonyl (C=O) groups excluding carboxylic acids is 1. The predicted molar refractivity (Wildman–Crippen MR) is 97.4 cm³/mol. The van der Waals surface area contributed by atoms with Crippen LogP contribution in [0.1, 0.15) is 20.8 Å². The van der Waals surface area contributed by atoms with Gasteiger partial charge in [-0.25, -0.2) is 9.78 Å². The second kappa shape index (κ2) is 6.86. The Balaban J connectivity index is 1.66. The minimum Gasteiger partial charge on any atom is -0.480 e. The second-order valence-electron chi connectivity index (χ2n) is 7.39. The van der Waals surface area contributed by atoms with E-state index in [1.807, 2.05) is 39.0 Å². The van der Waals surface area contributed by atoms with Crippen LogP contribution in [0.15, 0.2) is 24.5 Å². The number of hydrogen-bond acceptors (Lipinski definition) is 5. The summed E-state index contributed by atoms with van der Waals surface area (Å²) >= 11 is 0. The standard InChI is InChI=1S/C18H24N4O4/c1-18(2,3)26-17(25)21-8-6-20(7-9-21)13-4-5-15-14(10-13)19-12-22(15)11-16(23)24/h4-5,10,12H,6-9,11H2,1-3H3,(H,23,24). The number of anilines is 1. The smallest absolute Gasteiger partial charge is 0.410 e. The topological polar surface area (TPSA) is 87.9 Å². The molecule has 1 amide bonds. The Morgan fingerprint density at radius 1 is 1.19 bits per heavy atom. The molecule has 0 radical (unpaired) electrons. The fraction of sp³-hybridized carbons (Fsp3) is 0.500. The van der Waals surface area contributed by atoms with E-state index in [2.05, 4.69) is 9.88 Å². The maximum Gasteiger partial charge on any atom is 0.410 e. The molecule has 1 saturated heterocycles. The van der Waals surface area contributed by atoms with Crippen molar-refractivity contribution in [2.75, 3.05) is 31.1 Å². The lowest BCUT2D eigenvalue weighted by Gasteiger charge is -2.36. The predicted octanol–water partition coefficient (Wildman–Crippen LogP) is 2.18. The molecule has 1 aromatic heterocycles. The van der Waals surface area contributed by atoms with E-state index in [4.69, 9.17) is 9.84 Å². The number of hydrogen-bond donors (Lipinski definition) is 1. The van der Waals surface area contributed by atoms with E-state index in [9.17, 15) is 9.59 Å². The van der Waals surface area contributed by atoms with Gasteiger partial charge in [0.15, 0.2) is 0 Å². The third-order valence-corrected chi connectivity index (χ3v) is 4.21. The van der Waals surface area contributed by atoms with Crippen molar-refractivity contribution in [3.8, 4) is 0 Å². The molecule has 0 saturated carbocycles. The van der Waals surface area contributed by atoms with E-state index < -0.39 is 11.6 Å². The third-order valence-electron chi connectivity index (χ3n) is 4.21. The van der Waals surface area contributed by atoms with Crippen LogP contribution in [0.2, 0.25) is 0 Å². The molecule has 3 rings (SSSR count). The lowest BCUT2D eigenvalue weighted by Crippen LogP contribution is -2.50.